The van der Waals surface area contributed by atoms with Crippen LogP contribution in [0.1, 0.15) is 59.3 Å². The lowest BCUT2D eigenvalue weighted by molar-refractivity contribution is -0.384. The molecule has 0 saturated heterocycles. The molecule has 26 heavy (non-hydrogen) atoms. The molecular weight excluding hydrogens is 352 g/mol. The summed E-state index contributed by atoms with van der Waals surface area (Å²) < 4.78 is 0. The molecule has 1 atom stereocenters. The highest BCUT2D eigenvalue weighted by atomic mass is 35.5. The zero-order valence-electron chi connectivity index (χ0n) is 14.6. The molecular formula is C20H21ClN2O3. The van der Waals surface area contributed by atoms with E-state index in [-0.39, 0.29) is 28.2 Å². The van der Waals surface area contributed by atoms with Crippen LogP contribution in [0.5, 0.6) is 0 Å². The summed E-state index contributed by atoms with van der Waals surface area (Å²) in [7, 11) is 0. The van der Waals surface area contributed by atoms with Gasteiger partial charge < -0.3 is 5.32 Å². The van der Waals surface area contributed by atoms with Crippen molar-refractivity contribution in [2.75, 3.05) is 0 Å². The SMILES string of the molecule is CC[C@H](NC(=O)c1ccc([N+](=O)[O-])cc1Cl)c1ccc2c(c1)CCCC2. The highest BCUT2D eigenvalue weighted by Crippen LogP contribution is 2.27. The number of hydrogen-bond donors (Lipinski definition) is 1. The molecule has 0 heterocycles. The number of nitro groups is 1. The van der Waals surface area contributed by atoms with E-state index in [2.05, 4.69) is 23.5 Å². The lowest BCUT2D eigenvalue weighted by Gasteiger charge is -2.22. The first kappa shape index (κ1) is 18.4. The van der Waals surface area contributed by atoms with Crippen LogP contribution in [-0.2, 0) is 12.8 Å². The number of halogens is 1. The van der Waals surface area contributed by atoms with Crippen molar-refractivity contribution in [3.8, 4) is 0 Å². The van der Waals surface area contributed by atoms with Crippen molar-refractivity contribution >= 4 is 23.2 Å². The number of nitrogens with one attached hydrogen (secondary N) is 1. The second-order valence-corrected chi connectivity index (χ2v) is 7.00. The molecule has 1 aliphatic carbocycles. The van der Waals surface area contributed by atoms with Gasteiger partial charge in [-0.2, -0.15) is 0 Å². The molecule has 6 heteroatoms. The van der Waals surface area contributed by atoms with Crippen LogP contribution in [0, 0.1) is 10.1 Å². The van der Waals surface area contributed by atoms with Gasteiger partial charge in [0.1, 0.15) is 0 Å². The number of carbonyl (C=O) groups is 1. The van der Waals surface area contributed by atoms with Crippen molar-refractivity contribution in [2.45, 2.75) is 45.1 Å². The van der Waals surface area contributed by atoms with Crippen LogP contribution in [0.3, 0.4) is 0 Å². The average Bonchev–Trinajstić information content (AvgIpc) is 2.65. The summed E-state index contributed by atoms with van der Waals surface area (Å²) in [6.07, 6.45) is 5.39. The molecule has 2 aromatic carbocycles. The second-order valence-electron chi connectivity index (χ2n) is 6.59. The molecule has 1 aliphatic rings. The number of benzene rings is 2. The predicted molar refractivity (Wildman–Crippen MR) is 102 cm³/mol. The van der Waals surface area contributed by atoms with Gasteiger partial charge in [-0.05, 0) is 54.9 Å². The number of hydrogen-bond acceptors (Lipinski definition) is 3. The maximum atomic E-state index is 12.6. The van der Waals surface area contributed by atoms with E-state index in [1.165, 1.54) is 42.2 Å². The molecule has 0 aromatic heterocycles. The highest BCUT2D eigenvalue weighted by molar-refractivity contribution is 6.34. The van der Waals surface area contributed by atoms with Crippen molar-refractivity contribution < 1.29 is 9.72 Å². The van der Waals surface area contributed by atoms with Crippen LogP contribution in [0.4, 0.5) is 5.69 Å². The Labute approximate surface area is 157 Å². The summed E-state index contributed by atoms with van der Waals surface area (Å²) in [5.74, 6) is -0.325. The van der Waals surface area contributed by atoms with E-state index in [1.54, 1.807) is 0 Å². The van der Waals surface area contributed by atoms with Crippen molar-refractivity contribution in [3.63, 3.8) is 0 Å². The van der Waals surface area contributed by atoms with Gasteiger partial charge >= 0.3 is 0 Å². The van der Waals surface area contributed by atoms with Crippen molar-refractivity contribution in [1.82, 2.24) is 5.32 Å². The number of carbonyl (C=O) groups excluding carboxylic acids is 1. The maximum Gasteiger partial charge on any atom is 0.270 e. The summed E-state index contributed by atoms with van der Waals surface area (Å²) >= 11 is 6.07. The fourth-order valence-corrected chi connectivity index (χ4v) is 3.69. The monoisotopic (exact) mass is 372 g/mol. The third-order valence-corrected chi connectivity index (χ3v) is 5.21. The molecule has 0 fully saturated rings. The number of nitrogens with zero attached hydrogens (tertiary/aromatic N) is 1. The number of nitro benzene ring substituents is 1. The molecule has 0 unspecified atom stereocenters. The molecule has 1 N–H and O–H groups in total. The first-order chi connectivity index (χ1) is 12.5. The summed E-state index contributed by atoms with van der Waals surface area (Å²) in [4.78, 5) is 22.9. The van der Waals surface area contributed by atoms with Crippen LogP contribution in [-0.4, -0.2) is 10.8 Å². The van der Waals surface area contributed by atoms with Gasteiger partial charge in [-0.15, -0.1) is 0 Å². The molecule has 136 valence electrons. The van der Waals surface area contributed by atoms with E-state index in [0.29, 0.717) is 0 Å². The Kier molecular flexibility index (Phi) is 5.57. The Hall–Kier alpha value is -2.40. The fourth-order valence-electron chi connectivity index (χ4n) is 3.43. The van der Waals surface area contributed by atoms with E-state index in [0.717, 1.165) is 24.8 Å². The number of rotatable bonds is 5. The summed E-state index contributed by atoms with van der Waals surface area (Å²) in [6.45, 7) is 2.02. The largest absolute Gasteiger partial charge is 0.345 e. The molecule has 0 radical (unpaired) electrons. The van der Waals surface area contributed by atoms with Gasteiger partial charge in [0, 0.05) is 12.1 Å². The zero-order valence-corrected chi connectivity index (χ0v) is 15.4. The minimum Gasteiger partial charge on any atom is -0.345 e. The molecule has 2 aromatic rings. The quantitative estimate of drug-likeness (QED) is 0.592. The van der Waals surface area contributed by atoms with Gasteiger partial charge in [0.15, 0.2) is 0 Å². The number of non-ortho nitro benzene ring substituents is 1. The number of aryl methyl sites for hydroxylation is 2. The first-order valence-corrected chi connectivity index (χ1v) is 9.24. The Morgan fingerprint density at radius 1 is 1.19 bits per heavy atom. The Morgan fingerprint density at radius 2 is 1.92 bits per heavy atom. The van der Waals surface area contributed by atoms with Crippen LogP contribution >= 0.6 is 11.6 Å². The lowest BCUT2D eigenvalue weighted by Crippen LogP contribution is -2.28. The van der Waals surface area contributed by atoms with Crippen LogP contribution < -0.4 is 5.32 Å². The normalized spacial score (nSPS) is 14.4. The Balaban J connectivity index is 1.80. The summed E-state index contributed by atoms with van der Waals surface area (Å²) in [5.41, 5.74) is 3.97. The molecule has 0 bridgehead atoms. The van der Waals surface area contributed by atoms with Crippen LogP contribution in [0.25, 0.3) is 0 Å². The van der Waals surface area contributed by atoms with Gasteiger partial charge in [-0.25, -0.2) is 0 Å². The smallest absolute Gasteiger partial charge is 0.270 e. The van der Waals surface area contributed by atoms with E-state index in [9.17, 15) is 14.9 Å². The maximum absolute atomic E-state index is 12.6. The van der Waals surface area contributed by atoms with Gasteiger partial charge in [-0.3, -0.25) is 14.9 Å². The van der Waals surface area contributed by atoms with E-state index in [1.807, 2.05) is 6.92 Å². The molecule has 5 nitrogen and oxygen atoms in total. The Bertz CT molecular complexity index is 851. The van der Waals surface area contributed by atoms with Gasteiger partial charge in [0.2, 0.25) is 0 Å². The lowest BCUT2D eigenvalue weighted by atomic mass is 9.88. The molecule has 0 saturated carbocycles. The third kappa shape index (κ3) is 3.88. The summed E-state index contributed by atoms with van der Waals surface area (Å²) in [6, 6.07) is 10.2. The minimum absolute atomic E-state index is 0.0806. The van der Waals surface area contributed by atoms with E-state index in [4.69, 9.17) is 11.6 Å². The molecule has 0 spiro atoms. The van der Waals surface area contributed by atoms with Crippen LogP contribution in [0.2, 0.25) is 5.02 Å². The molecule has 0 aliphatic heterocycles. The van der Waals surface area contributed by atoms with Crippen molar-refractivity contribution in [3.05, 3.63) is 73.8 Å². The van der Waals surface area contributed by atoms with E-state index < -0.39 is 4.92 Å². The zero-order chi connectivity index (χ0) is 18.7. The van der Waals surface area contributed by atoms with E-state index >= 15 is 0 Å². The summed E-state index contributed by atoms with van der Waals surface area (Å²) in [5, 5.41) is 13.9. The third-order valence-electron chi connectivity index (χ3n) is 4.90. The minimum atomic E-state index is -0.532. The van der Waals surface area contributed by atoms with Crippen molar-refractivity contribution in [2.24, 2.45) is 0 Å². The van der Waals surface area contributed by atoms with Crippen LogP contribution in [0.15, 0.2) is 36.4 Å². The number of amides is 1. The molecule has 1 amide bonds. The topological polar surface area (TPSA) is 72.2 Å². The van der Waals surface area contributed by atoms with Crippen molar-refractivity contribution in [1.29, 1.82) is 0 Å². The van der Waals surface area contributed by atoms with Gasteiger partial charge in [0.25, 0.3) is 11.6 Å². The molecule has 3 rings (SSSR count). The number of fused-ring (bicyclic) bond motifs is 1. The first-order valence-electron chi connectivity index (χ1n) is 8.86. The van der Waals surface area contributed by atoms with Gasteiger partial charge in [-0.1, -0.05) is 36.7 Å². The highest BCUT2D eigenvalue weighted by Gasteiger charge is 2.20. The second kappa shape index (κ2) is 7.87. The fraction of sp³-hybridized carbons (Fsp3) is 0.350. The average molecular weight is 373 g/mol. The Morgan fingerprint density at radius 3 is 2.58 bits per heavy atom. The standard InChI is InChI=1S/C20H21ClN2O3/c1-2-19(15-8-7-13-5-3-4-6-14(13)11-15)22-20(24)17-10-9-16(23(25)26)12-18(17)21/h7-12,19H,2-6H2,1H3,(H,22,24)/t19-/m0/s1. The van der Waals surface area contributed by atoms with Gasteiger partial charge in [0.05, 0.1) is 21.6 Å². The predicted octanol–water partition coefficient (Wildman–Crippen LogP) is 5.01.